The van der Waals surface area contributed by atoms with Crippen molar-refractivity contribution in [1.82, 2.24) is 14.8 Å². The van der Waals surface area contributed by atoms with Crippen molar-refractivity contribution in [1.29, 1.82) is 0 Å². The van der Waals surface area contributed by atoms with E-state index in [-0.39, 0.29) is 6.04 Å². The topological polar surface area (TPSA) is 89.2 Å². The van der Waals surface area contributed by atoms with E-state index in [0.717, 1.165) is 45.4 Å². The van der Waals surface area contributed by atoms with Crippen LogP contribution >= 0.6 is 0 Å². The highest BCUT2D eigenvalue weighted by Gasteiger charge is 2.42. The summed E-state index contributed by atoms with van der Waals surface area (Å²) in [6.07, 6.45) is 1.76. The van der Waals surface area contributed by atoms with Crippen molar-refractivity contribution >= 4 is 34.6 Å². The Hall–Kier alpha value is -5.44. The van der Waals surface area contributed by atoms with E-state index in [4.69, 9.17) is 24.6 Å². The monoisotopic (exact) mass is 555 g/mol. The Morgan fingerprint density at radius 3 is 2.43 bits per heavy atom. The van der Waals surface area contributed by atoms with E-state index >= 15 is 0 Å². The summed E-state index contributed by atoms with van der Waals surface area (Å²) < 4.78 is 13.6. The molecule has 3 aromatic carbocycles. The first-order valence-electron chi connectivity index (χ1n) is 13.9. The highest BCUT2D eigenvalue weighted by molar-refractivity contribution is 6.51. The maximum absolute atomic E-state index is 5.93. The van der Waals surface area contributed by atoms with Gasteiger partial charge in [0.2, 0.25) is 0 Å². The smallest absolute Gasteiger partial charge is 0.179 e. The quantitative estimate of drug-likeness (QED) is 0.249. The fourth-order valence-electron chi connectivity index (χ4n) is 5.60. The zero-order chi connectivity index (χ0) is 28.6. The lowest BCUT2D eigenvalue weighted by atomic mass is 9.92. The third kappa shape index (κ3) is 4.17. The van der Waals surface area contributed by atoms with E-state index in [9.17, 15) is 0 Å². The van der Waals surface area contributed by atoms with Gasteiger partial charge in [-0.1, -0.05) is 48.5 Å². The molecule has 0 aliphatic carbocycles. The average Bonchev–Trinajstić information content (AvgIpc) is 3.37. The van der Waals surface area contributed by atoms with Crippen LogP contribution < -0.4 is 19.7 Å². The number of rotatable bonds is 6. The highest BCUT2D eigenvalue weighted by atomic mass is 16.5. The largest absolute Gasteiger partial charge is 0.496 e. The van der Waals surface area contributed by atoms with Gasteiger partial charge >= 0.3 is 0 Å². The second kappa shape index (κ2) is 10.5. The van der Waals surface area contributed by atoms with Gasteiger partial charge in [-0.05, 0) is 56.3 Å². The minimum absolute atomic E-state index is 0.309. The van der Waals surface area contributed by atoms with E-state index in [2.05, 4.69) is 27.3 Å². The second-order valence-electron chi connectivity index (χ2n) is 9.88. The molecular formula is C33H29N7O2. The molecule has 0 bridgehead atoms. The molecule has 1 N–H and O–H groups in total. The Kier molecular flexibility index (Phi) is 6.39. The summed E-state index contributed by atoms with van der Waals surface area (Å²) in [5.41, 5.74) is 5.37. The zero-order valence-corrected chi connectivity index (χ0v) is 23.5. The summed E-state index contributed by atoms with van der Waals surface area (Å²) in [5.74, 6) is 4.14. The number of hydrogen-bond acceptors (Lipinski definition) is 8. The molecular weight excluding hydrogens is 526 g/mol. The van der Waals surface area contributed by atoms with Crippen molar-refractivity contribution in [3.8, 4) is 17.3 Å². The van der Waals surface area contributed by atoms with Gasteiger partial charge in [-0.3, -0.25) is 0 Å². The number of para-hydroxylation sites is 5. The molecule has 208 valence electrons. The Morgan fingerprint density at radius 2 is 1.62 bits per heavy atom. The summed E-state index contributed by atoms with van der Waals surface area (Å²) in [6, 6.07) is 29.5. The molecule has 42 heavy (non-hydrogen) atoms. The fraction of sp³-hybridized carbons (Fsp3) is 0.152. The molecule has 9 heteroatoms. The molecule has 0 saturated carbocycles. The van der Waals surface area contributed by atoms with Gasteiger partial charge in [0.15, 0.2) is 23.3 Å². The maximum Gasteiger partial charge on any atom is 0.179 e. The molecule has 9 nitrogen and oxygen atoms in total. The minimum atomic E-state index is -0.309. The lowest BCUT2D eigenvalue weighted by molar-refractivity contribution is 0.342. The Bertz CT molecular complexity index is 1840. The molecule has 0 amide bonds. The maximum atomic E-state index is 5.93. The molecule has 0 spiro atoms. The first-order chi connectivity index (χ1) is 20.7. The molecule has 7 rings (SSSR count). The van der Waals surface area contributed by atoms with Gasteiger partial charge in [0.25, 0.3) is 0 Å². The van der Waals surface area contributed by atoms with Crippen molar-refractivity contribution < 1.29 is 9.47 Å². The van der Waals surface area contributed by atoms with Crippen molar-refractivity contribution in [3.63, 3.8) is 0 Å². The summed E-state index contributed by atoms with van der Waals surface area (Å²) in [5, 5.41) is 8.50. The van der Waals surface area contributed by atoms with Crippen molar-refractivity contribution in [3.05, 3.63) is 114 Å². The van der Waals surface area contributed by atoms with Gasteiger partial charge in [0.05, 0.1) is 42.5 Å². The molecule has 1 unspecified atom stereocenters. The number of aliphatic imine (C=N–C) groups is 2. The van der Waals surface area contributed by atoms with Crippen LogP contribution in [0.15, 0.2) is 107 Å². The Labute approximate surface area is 243 Å². The fourth-order valence-corrected chi connectivity index (χ4v) is 5.60. The van der Waals surface area contributed by atoms with Gasteiger partial charge < -0.3 is 19.7 Å². The number of nitrogens with zero attached hydrogens (tertiary/aromatic N) is 6. The van der Waals surface area contributed by atoms with E-state index in [1.54, 1.807) is 13.3 Å². The van der Waals surface area contributed by atoms with Crippen LogP contribution in [0.2, 0.25) is 0 Å². The van der Waals surface area contributed by atoms with Crippen LogP contribution in [0.4, 0.5) is 22.9 Å². The normalized spacial score (nSPS) is 15.1. The number of amidine groups is 2. The molecule has 0 radical (unpaired) electrons. The summed E-state index contributed by atoms with van der Waals surface area (Å²) in [7, 11) is 1.70. The number of anilines is 2. The number of nitrogens with one attached hydrogen (secondary N) is 1. The van der Waals surface area contributed by atoms with Crippen LogP contribution in [0.3, 0.4) is 0 Å². The van der Waals surface area contributed by atoms with Gasteiger partial charge in [-0.25, -0.2) is 15.0 Å². The van der Waals surface area contributed by atoms with E-state index in [1.807, 2.05) is 97.4 Å². The predicted molar refractivity (Wildman–Crippen MR) is 165 cm³/mol. The SMILES string of the molecule is CCOc1ccccc1NC1=Nc2ccccc2N2C1=Nc1c(c(C)nn1-c1ccccn1)C2c1ccccc1OC. The highest BCUT2D eigenvalue weighted by Crippen LogP contribution is 2.49. The Morgan fingerprint density at radius 1 is 0.857 bits per heavy atom. The summed E-state index contributed by atoms with van der Waals surface area (Å²) in [6.45, 7) is 4.53. The van der Waals surface area contributed by atoms with Crippen molar-refractivity contribution in [2.24, 2.45) is 9.98 Å². The average molecular weight is 556 g/mol. The number of methoxy groups -OCH3 is 1. The lowest BCUT2D eigenvalue weighted by Crippen LogP contribution is -2.46. The molecule has 0 fully saturated rings. The van der Waals surface area contributed by atoms with E-state index in [1.165, 1.54) is 0 Å². The number of hydrogen-bond donors (Lipinski definition) is 1. The van der Waals surface area contributed by atoms with Crippen LogP contribution in [0.25, 0.3) is 5.82 Å². The number of benzene rings is 3. The zero-order valence-electron chi connectivity index (χ0n) is 23.5. The van der Waals surface area contributed by atoms with Crippen LogP contribution in [0.5, 0.6) is 11.5 Å². The van der Waals surface area contributed by atoms with Gasteiger partial charge in [-0.2, -0.15) is 9.78 Å². The minimum Gasteiger partial charge on any atom is -0.496 e. The van der Waals surface area contributed by atoms with E-state index < -0.39 is 0 Å². The second-order valence-corrected chi connectivity index (χ2v) is 9.88. The van der Waals surface area contributed by atoms with Crippen molar-refractivity contribution in [2.45, 2.75) is 19.9 Å². The van der Waals surface area contributed by atoms with Crippen LogP contribution in [-0.4, -0.2) is 40.2 Å². The molecule has 0 saturated heterocycles. The first kappa shape index (κ1) is 25.5. The molecule has 2 aliphatic heterocycles. The molecule has 2 aromatic heterocycles. The van der Waals surface area contributed by atoms with Gasteiger partial charge in [0, 0.05) is 17.3 Å². The lowest BCUT2D eigenvalue weighted by Gasteiger charge is -2.41. The third-order valence-corrected chi connectivity index (χ3v) is 7.38. The Balaban J connectivity index is 1.50. The number of pyridine rings is 1. The van der Waals surface area contributed by atoms with Gasteiger partial charge in [0.1, 0.15) is 11.5 Å². The predicted octanol–water partition coefficient (Wildman–Crippen LogP) is 6.78. The number of aryl methyl sites for hydroxylation is 1. The number of aromatic nitrogens is 3. The third-order valence-electron chi connectivity index (χ3n) is 7.38. The molecule has 1 atom stereocenters. The summed E-state index contributed by atoms with van der Waals surface area (Å²) in [4.78, 5) is 17.2. The first-order valence-corrected chi connectivity index (χ1v) is 13.9. The number of ether oxygens (including phenoxy) is 2. The molecule has 5 aromatic rings. The van der Waals surface area contributed by atoms with Crippen LogP contribution in [-0.2, 0) is 0 Å². The standard InChI is InChI=1S/C33H29N7O2/c1-4-42-27-18-10-7-15-24(27)36-31-33-37-32-29(21(2)38-40(32)28-19-11-12-20-34-28)30(22-13-5-9-17-26(22)41-3)39(33)25-16-8-6-14-23(25)35-31/h5-20,30H,4H2,1-3H3,(H,35,36). The molecule has 2 aliphatic rings. The van der Waals surface area contributed by atoms with Gasteiger partial charge in [-0.15, -0.1) is 0 Å². The number of fused-ring (bicyclic) bond motifs is 4. The van der Waals surface area contributed by atoms with Crippen molar-refractivity contribution in [2.75, 3.05) is 23.9 Å². The van der Waals surface area contributed by atoms with Crippen LogP contribution in [0.1, 0.15) is 29.8 Å². The van der Waals surface area contributed by atoms with E-state index in [0.29, 0.717) is 29.9 Å². The summed E-state index contributed by atoms with van der Waals surface area (Å²) >= 11 is 0. The molecule has 4 heterocycles. The van der Waals surface area contributed by atoms with Crippen LogP contribution in [0, 0.1) is 6.92 Å².